The van der Waals surface area contributed by atoms with Gasteiger partial charge < -0.3 is 19.5 Å². The van der Waals surface area contributed by atoms with Gasteiger partial charge in [0.2, 0.25) is 0 Å². The Labute approximate surface area is 206 Å². The highest BCUT2D eigenvalue weighted by Gasteiger charge is 2.16. The molecule has 34 heavy (non-hydrogen) atoms. The average Bonchev–Trinajstić information content (AvgIpc) is 3.52. The predicted molar refractivity (Wildman–Crippen MR) is 135 cm³/mol. The summed E-state index contributed by atoms with van der Waals surface area (Å²) in [6.07, 6.45) is 0. The number of rotatable bonds is 8. The Morgan fingerprint density at radius 3 is 1.62 bits per heavy atom. The van der Waals surface area contributed by atoms with Gasteiger partial charge >= 0.3 is 5.97 Å². The Balaban J connectivity index is 0.000000192. The van der Waals surface area contributed by atoms with Crippen molar-refractivity contribution in [2.45, 2.75) is 13.2 Å². The summed E-state index contributed by atoms with van der Waals surface area (Å²) in [7, 11) is 3.48. The van der Waals surface area contributed by atoms with Gasteiger partial charge in [0.15, 0.2) is 4.88 Å². The van der Waals surface area contributed by atoms with Crippen LogP contribution in [0.4, 0.5) is 0 Å². The van der Waals surface area contributed by atoms with Gasteiger partial charge in [-0.05, 0) is 34.0 Å². The molecule has 0 saturated heterocycles. The molecular weight excluding hydrogens is 470 g/mol. The van der Waals surface area contributed by atoms with E-state index in [-0.39, 0.29) is 10.8 Å². The molecule has 1 N–H and O–H groups in total. The van der Waals surface area contributed by atoms with E-state index in [0.717, 1.165) is 11.1 Å². The van der Waals surface area contributed by atoms with E-state index in [4.69, 9.17) is 14.6 Å². The van der Waals surface area contributed by atoms with E-state index in [1.807, 2.05) is 72.1 Å². The monoisotopic (exact) mass is 495 g/mol. The van der Waals surface area contributed by atoms with Crippen LogP contribution in [0.5, 0.6) is 11.5 Å². The summed E-state index contributed by atoms with van der Waals surface area (Å²) in [4.78, 5) is 25.2. The van der Waals surface area contributed by atoms with E-state index in [0.29, 0.717) is 29.6 Å². The fourth-order valence-electron chi connectivity index (χ4n) is 2.81. The van der Waals surface area contributed by atoms with Crippen molar-refractivity contribution in [3.63, 3.8) is 0 Å². The van der Waals surface area contributed by atoms with Gasteiger partial charge in [-0.1, -0.05) is 60.7 Å². The van der Waals surface area contributed by atoms with E-state index in [1.165, 1.54) is 22.7 Å². The maximum atomic E-state index is 11.9. The van der Waals surface area contributed by atoms with Crippen LogP contribution in [-0.4, -0.2) is 36.0 Å². The molecule has 2 aromatic heterocycles. The highest BCUT2D eigenvalue weighted by atomic mass is 32.1. The van der Waals surface area contributed by atoms with Gasteiger partial charge in [-0.2, -0.15) is 0 Å². The smallest absolute Gasteiger partial charge is 0.349 e. The van der Waals surface area contributed by atoms with Gasteiger partial charge in [-0.3, -0.25) is 4.79 Å². The number of carboxylic acids is 1. The number of hydrogen-bond donors (Lipinski definition) is 1. The van der Waals surface area contributed by atoms with Crippen LogP contribution in [0.3, 0.4) is 0 Å². The highest BCUT2D eigenvalue weighted by Crippen LogP contribution is 2.27. The Morgan fingerprint density at radius 1 is 0.735 bits per heavy atom. The molecule has 0 fully saturated rings. The van der Waals surface area contributed by atoms with Crippen molar-refractivity contribution >= 4 is 34.6 Å². The number of amides is 1. The minimum atomic E-state index is -0.946. The second-order valence-electron chi connectivity index (χ2n) is 7.28. The third-order valence-corrected chi connectivity index (χ3v) is 6.29. The third kappa shape index (κ3) is 7.19. The van der Waals surface area contributed by atoms with Crippen molar-refractivity contribution in [3.05, 3.63) is 104 Å². The number of thiophene rings is 2. The van der Waals surface area contributed by atoms with Crippen LogP contribution < -0.4 is 9.47 Å². The zero-order chi connectivity index (χ0) is 24.3. The van der Waals surface area contributed by atoms with Crippen LogP contribution in [0.15, 0.2) is 83.6 Å². The quantitative estimate of drug-likeness (QED) is 0.322. The lowest BCUT2D eigenvalue weighted by Gasteiger charge is -2.11. The van der Waals surface area contributed by atoms with Crippen molar-refractivity contribution < 1.29 is 24.2 Å². The molecule has 2 heterocycles. The van der Waals surface area contributed by atoms with Crippen LogP contribution in [0.2, 0.25) is 0 Å². The fraction of sp³-hybridized carbons (Fsp3) is 0.154. The summed E-state index contributed by atoms with van der Waals surface area (Å²) < 4.78 is 11.2. The SMILES string of the molecule is CN(C)C(=O)c1sccc1OCc1ccccc1.O=C(O)c1sccc1OCc1ccccc1. The molecule has 4 aromatic rings. The molecule has 1 amide bonds. The van der Waals surface area contributed by atoms with E-state index >= 15 is 0 Å². The predicted octanol–water partition coefficient (Wildman–Crippen LogP) is 6.05. The first-order valence-electron chi connectivity index (χ1n) is 10.4. The number of carbonyl (C=O) groups is 2. The molecule has 6 nitrogen and oxygen atoms in total. The van der Waals surface area contributed by atoms with Crippen LogP contribution in [0.25, 0.3) is 0 Å². The maximum Gasteiger partial charge on any atom is 0.349 e. The van der Waals surface area contributed by atoms with Gasteiger partial charge in [0, 0.05) is 14.1 Å². The molecule has 0 unspecified atom stereocenters. The lowest BCUT2D eigenvalue weighted by molar-refractivity contribution is 0.0697. The molecule has 0 atom stereocenters. The molecule has 4 rings (SSSR count). The van der Waals surface area contributed by atoms with Gasteiger partial charge in [-0.15, -0.1) is 22.7 Å². The number of carbonyl (C=O) groups excluding carboxylic acids is 1. The van der Waals surface area contributed by atoms with Crippen molar-refractivity contribution in [1.82, 2.24) is 4.90 Å². The summed E-state index contributed by atoms with van der Waals surface area (Å²) in [5.74, 6) is 0.120. The lowest BCUT2D eigenvalue weighted by atomic mass is 10.2. The standard InChI is InChI=1S/C14H15NO2S.C12H10O3S/c1-15(2)14(16)13-12(8-9-18-13)17-10-11-6-4-3-5-7-11;13-12(14)11-10(6-7-16-11)15-8-9-4-2-1-3-5-9/h3-9H,10H2,1-2H3;1-7H,8H2,(H,13,14). The first-order chi connectivity index (χ1) is 16.5. The van der Waals surface area contributed by atoms with E-state index < -0.39 is 5.97 Å². The zero-order valence-corrected chi connectivity index (χ0v) is 20.5. The van der Waals surface area contributed by atoms with Crippen molar-refractivity contribution in [2.24, 2.45) is 0 Å². The second kappa shape index (κ2) is 12.6. The normalized spacial score (nSPS) is 10.1. The maximum absolute atomic E-state index is 11.9. The van der Waals surface area contributed by atoms with E-state index in [2.05, 4.69) is 0 Å². The molecule has 0 aliphatic heterocycles. The molecule has 0 radical (unpaired) electrons. The van der Waals surface area contributed by atoms with E-state index in [9.17, 15) is 9.59 Å². The van der Waals surface area contributed by atoms with Crippen LogP contribution in [0, 0.1) is 0 Å². The Morgan fingerprint density at radius 2 is 1.18 bits per heavy atom. The Kier molecular flexibility index (Phi) is 9.25. The molecule has 2 aromatic carbocycles. The highest BCUT2D eigenvalue weighted by molar-refractivity contribution is 7.12. The lowest BCUT2D eigenvalue weighted by Crippen LogP contribution is -2.21. The molecule has 0 aliphatic carbocycles. The molecule has 0 saturated carbocycles. The summed E-state index contributed by atoms with van der Waals surface area (Å²) in [6.45, 7) is 0.864. The number of aromatic carboxylic acids is 1. The minimum absolute atomic E-state index is 0.0203. The summed E-state index contributed by atoms with van der Waals surface area (Å²) in [5, 5.41) is 12.5. The topological polar surface area (TPSA) is 76.1 Å². The van der Waals surface area contributed by atoms with Gasteiger partial charge in [-0.25, -0.2) is 4.79 Å². The summed E-state index contributed by atoms with van der Waals surface area (Å²) >= 11 is 2.57. The zero-order valence-electron chi connectivity index (χ0n) is 18.8. The number of hydrogen-bond acceptors (Lipinski definition) is 6. The largest absolute Gasteiger partial charge is 0.487 e. The summed E-state index contributed by atoms with van der Waals surface area (Å²) in [5.41, 5.74) is 2.11. The number of ether oxygens (including phenoxy) is 2. The van der Waals surface area contributed by atoms with Gasteiger partial charge in [0.1, 0.15) is 29.6 Å². The number of benzene rings is 2. The summed E-state index contributed by atoms with van der Waals surface area (Å²) in [6, 6.07) is 23.1. The van der Waals surface area contributed by atoms with Crippen LogP contribution in [0.1, 0.15) is 30.5 Å². The molecule has 0 aliphatic rings. The van der Waals surface area contributed by atoms with Gasteiger partial charge in [0.05, 0.1) is 0 Å². The third-order valence-electron chi connectivity index (χ3n) is 4.53. The van der Waals surface area contributed by atoms with E-state index in [1.54, 1.807) is 30.4 Å². The first-order valence-corrected chi connectivity index (χ1v) is 12.1. The van der Waals surface area contributed by atoms with Crippen molar-refractivity contribution in [3.8, 4) is 11.5 Å². The molecular formula is C26H25NO5S2. The number of nitrogens with zero attached hydrogens (tertiary/aromatic N) is 1. The van der Waals surface area contributed by atoms with Crippen molar-refractivity contribution in [2.75, 3.05) is 14.1 Å². The van der Waals surface area contributed by atoms with Crippen molar-refractivity contribution in [1.29, 1.82) is 0 Å². The Bertz CT molecular complexity index is 1190. The first kappa shape index (κ1) is 25.0. The average molecular weight is 496 g/mol. The molecule has 8 heteroatoms. The molecule has 176 valence electrons. The fourth-order valence-corrected chi connectivity index (χ4v) is 4.33. The second-order valence-corrected chi connectivity index (χ2v) is 9.11. The van der Waals surface area contributed by atoms with Gasteiger partial charge in [0.25, 0.3) is 5.91 Å². The number of carboxylic acid groups (broad SMARTS) is 1. The Hall–Kier alpha value is -3.62. The molecule has 0 spiro atoms. The van der Waals surface area contributed by atoms with Crippen LogP contribution in [-0.2, 0) is 13.2 Å². The molecule has 0 bridgehead atoms. The van der Waals surface area contributed by atoms with Crippen LogP contribution >= 0.6 is 22.7 Å². The minimum Gasteiger partial charge on any atom is -0.487 e.